The second-order valence-corrected chi connectivity index (χ2v) is 5.94. The van der Waals surface area contributed by atoms with Crippen LogP contribution in [0.2, 0.25) is 0 Å². The Morgan fingerprint density at radius 3 is 1.57 bits per heavy atom. The number of nitrogens with zero attached hydrogens (tertiary/aromatic N) is 1. The maximum absolute atomic E-state index is 11.9. The first-order valence-corrected chi connectivity index (χ1v) is 8.82. The van der Waals surface area contributed by atoms with Crippen molar-refractivity contribution in [1.29, 1.82) is 0 Å². The van der Waals surface area contributed by atoms with Crippen molar-refractivity contribution in [3.8, 4) is 0 Å². The van der Waals surface area contributed by atoms with Gasteiger partial charge in [-0.25, -0.2) is 0 Å². The molecule has 5 nitrogen and oxygen atoms in total. The van der Waals surface area contributed by atoms with Crippen LogP contribution in [0, 0.1) is 63.2 Å². The van der Waals surface area contributed by atoms with E-state index >= 15 is 0 Å². The molecule has 6 heteroatoms. The van der Waals surface area contributed by atoms with Gasteiger partial charge in [0, 0.05) is 5.69 Å². The summed E-state index contributed by atoms with van der Waals surface area (Å²) in [6.07, 6.45) is 14.1. The molecular weight excluding hydrogens is 398 g/mol. The Morgan fingerprint density at radius 2 is 1.14 bits per heavy atom. The molecule has 2 aliphatic carbocycles. The number of benzene rings is 1. The number of ether oxygens (including phenoxy) is 2. The summed E-state index contributed by atoms with van der Waals surface area (Å²) >= 11 is 0. The molecule has 0 spiro atoms. The summed E-state index contributed by atoms with van der Waals surface area (Å²) in [6.45, 7) is 1.50. The summed E-state index contributed by atoms with van der Waals surface area (Å²) in [4.78, 5) is 25.9. The van der Waals surface area contributed by atoms with E-state index < -0.39 is 0 Å². The fraction of sp³-hybridized carbons (Fsp3) is 0.182. The van der Waals surface area contributed by atoms with Crippen LogP contribution in [0.4, 0.5) is 5.69 Å². The molecule has 28 heavy (non-hydrogen) atoms. The van der Waals surface area contributed by atoms with Gasteiger partial charge in [-0.05, 0) is 63.5 Å². The second kappa shape index (κ2) is 12.1. The maximum atomic E-state index is 11.9. The van der Waals surface area contributed by atoms with E-state index in [1.165, 1.54) is 0 Å². The average Bonchev–Trinajstić information content (AvgIpc) is 3.41. The van der Waals surface area contributed by atoms with Crippen LogP contribution in [0.3, 0.4) is 0 Å². The molecule has 0 atom stereocenters. The zero-order valence-electron chi connectivity index (χ0n) is 15.3. The molecule has 0 aromatic heterocycles. The molecule has 0 saturated heterocycles. The predicted molar refractivity (Wildman–Crippen MR) is 101 cm³/mol. The van der Waals surface area contributed by atoms with Gasteiger partial charge in [-0.1, -0.05) is 18.2 Å². The number of hydrogen-bond acceptors (Lipinski definition) is 5. The minimum Gasteiger partial charge on any atom is -0.463 e. The quantitative estimate of drug-likeness (QED) is 0.455. The zero-order chi connectivity index (χ0) is 18.9. The smallest absolute Gasteiger partial charge is 0.463 e. The van der Waals surface area contributed by atoms with E-state index in [9.17, 15) is 9.59 Å². The summed E-state index contributed by atoms with van der Waals surface area (Å²) < 4.78 is 10.7. The van der Waals surface area contributed by atoms with E-state index in [1.807, 2.05) is 35.2 Å². The molecule has 0 unspecified atom stereocenters. The van der Waals surface area contributed by atoms with Gasteiger partial charge in [0.25, 0.3) is 0 Å². The van der Waals surface area contributed by atoms with E-state index in [4.69, 9.17) is 9.47 Å². The Morgan fingerprint density at radius 1 is 0.714 bits per heavy atom. The van der Waals surface area contributed by atoms with Crippen LogP contribution in [-0.2, 0) is 36.1 Å². The molecule has 0 amide bonds. The summed E-state index contributed by atoms with van der Waals surface area (Å²) in [6, 6.07) is 9.76. The fourth-order valence-corrected chi connectivity index (χ4v) is 2.69. The van der Waals surface area contributed by atoms with Crippen LogP contribution in [-0.4, -0.2) is 38.2 Å². The first kappa shape index (κ1) is 22.8. The van der Waals surface area contributed by atoms with E-state index in [1.54, 1.807) is 51.4 Å². The topological polar surface area (TPSA) is 55.8 Å². The Bertz CT molecular complexity index is 564. The number of anilines is 1. The molecule has 0 heterocycles. The predicted octanol–water partition coefficient (Wildman–Crippen LogP) is 2.39. The largest absolute Gasteiger partial charge is 2.00 e. The molecule has 0 aliphatic heterocycles. The van der Waals surface area contributed by atoms with Gasteiger partial charge in [-0.3, -0.25) is 9.59 Å². The van der Waals surface area contributed by atoms with Gasteiger partial charge >= 0.3 is 29.0 Å². The summed E-state index contributed by atoms with van der Waals surface area (Å²) in [5.74, 6) is 0.418. The van der Waals surface area contributed by atoms with E-state index in [2.05, 4.69) is 0 Å². The van der Waals surface area contributed by atoms with Crippen molar-refractivity contribution in [2.24, 2.45) is 0 Å². The molecule has 144 valence electrons. The standard InChI is InChI=1S/C22H21NO4.Fe/c24-21(18-8-4-5-9-18)26-16-14-23(20-12-2-1-3-13-20)15-17-27-22(25)19-10-6-7-11-19;/h1-13H,14-17H2;/q;+2. The Labute approximate surface area is 178 Å². The van der Waals surface area contributed by atoms with Crippen molar-refractivity contribution >= 4 is 17.6 Å². The fourth-order valence-electron chi connectivity index (χ4n) is 2.69. The van der Waals surface area contributed by atoms with Gasteiger partial charge in [-0.15, -0.1) is 0 Å². The first-order chi connectivity index (χ1) is 13.2. The van der Waals surface area contributed by atoms with E-state index in [-0.39, 0.29) is 42.2 Å². The third-order valence-corrected chi connectivity index (χ3v) is 4.11. The van der Waals surface area contributed by atoms with Crippen molar-refractivity contribution in [3.63, 3.8) is 0 Å². The molecule has 2 saturated carbocycles. The molecule has 10 radical (unpaired) electrons. The van der Waals surface area contributed by atoms with E-state index in [0.717, 1.165) is 5.69 Å². The summed E-state index contributed by atoms with van der Waals surface area (Å²) in [5.41, 5.74) is 0.978. The van der Waals surface area contributed by atoms with E-state index in [0.29, 0.717) is 24.9 Å². The van der Waals surface area contributed by atoms with Crippen molar-refractivity contribution < 1.29 is 36.1 Å². The Balaban J connectivity index is 0.00000280. The van der Waals surface area contributed by atoms with Gasteiger partial charge < -0.3 is 14.4 Å². The second-order valence-electron chi connectivity index (χ2n) is 5.94. The molecule has 1 aromatic rings. The Kier molecular flexibility index (Phi) is 9.86. The van der Waals surface area contributed by atoms with Crippen LogP contribution in [0.25, 0.3) is 0 Å². The molecule has 0 bridgehead atoms. The number of para-hydroxylation sites is 1. The molecular formula is C22H21FeNO4+2. The number of carbonyl (C=O) groups excluding carboxylic acids is 2. The maximum Gasteiger partial charge on any atom is 2.00 e. The zero-order valence-corrected chi connectivity index (χ0v) is 16.4. The molecule has 3 rings (SSSR count). The van der Waals surface area contributed by atoms with Crippen LogP contribution in [0.5, 0.6) is 0 Å². The first-order valence-electron chi connectivity index (χ1n) is 8.82. The molecule has 1 aromatic carbocycles. The monoisotopic (exact) mass is 419 g/mol. The normalized spacial score (nSPS) is 17.1. The van der Waals surface area contributed by atoms with Crippen molar-refractivity contribution in [2.45, 2.75) is 0 Å². The average molecular weight is 419 g/mol. The molecule has 0 N–H and O–H groups in total. The van der Waals surface area contributed by atoms with Gasteiger partial charge in [0.2, 0.25) is 0 Å². The van der Waals surface area contributed by atoms with Gasteiger partial charge in [0.1, 0.15) is 13.2 Å². The van der Waals surface area contributed by atoms with Gasteiger partial charge in [0.05, 0.1) is 24.9 Å². The van der Waals surface area contributed by atoms with Crippen LogP contribution >= 0.6 is 0 Å². The third-order valence-electron chi connectivity index (χ3n) is 4.11. The number of carbonyl (C=O) groups is 2. The SMILES string of the molecule is O=C(OCCN(CCOC(=O)[C]1[CH][CH][CH][CH]1)c1ccccc1)[C]1[CH][CH][CH][CH]1.[Fe+2]. The van der Waals surface area contributed by atoms with Crippen LogP contribution in [0.15, 0.2) is 30.3 Å². The molecule has 2 fully saturated rings. The molecule has 2 aliphatic rings. The van der Waals surface area contributed by atoms with Gasteiger partial charge in [-0.2, -0.15) is 0 Å². The Hall–Kier alpha value is -1.52. The summed E-state index contributed by atoms with van der Waals surface area (Å²) in [7, 11) is 0. The van der Waals surface area contributed by atoms with Gasteiger partial charge in [0.15, 0.2) is 0 Å². The van der Waals surface area contributed by atoms with Crippen molar-refractivity contribution in [1.82, 2.24) is 0 Å². The number of hydrogen-bond donors (Lipinski definition) is 0. The minimum atomic E-state index is -0.337. The van der Waals surface area contributed by atoms with Crippen molar-refractivity contribution in [2.75, 3.05) is 31.2 Å². The van der Waals surface area contributed by atoms with Crippen LogP contribution in [0.1, 0.15) is 0 Å². The number of rotatable bonds is 9. The summed E-state index contributed by atoms with van der Waals surface area (Å²) in [5, 5.41) is 0. The van der Waals surface area contributed by atoms with Crippen molar-refractivity contribution in [3.05, 3.63) is 93.5 Å². The number of esters is 2. The third kappa shape index (κ3) is 6.82. The minimum absolute atomic E-state index is 0. The van der Waals surface area contributed by atoms with Crippen LogP contribution < -0.4 is 4.90 Å².